The number of rotatable bonds is 2. The van der Waals surface area contributed by atoms with Crippen LogP contribution in [-0.4, -0.2) is 12.6 Å². The zero-order valence-electron chi connectivity index (χ0n) is 9.48. The van der Waals surface area contributed by atoms with Gasteiger partial charge in [-0.2, -0.15) is 0 Å². The summed E-state index contributed by atoms with van der Waals surface area (Å²) < 4.78 is 26.5. The van der Waals surface area contributed by atoms with Crippen LogP contribution in [0.5, 0.6) is 0 Å². The van der Waals surface area contributed by atoms with Crippen LogP contribution in [0.1, 0.15) is 20.3 Å². The monoisotopic (exact) mass is 226 g/mol. The summed E-state index contributed by atoms with van der Waals surface area (Å²) in [7, 11) is 0. The molecule has 88 valence electrons. The summed E-state index contributed by atoms with van der Waals surface area (Å²) in [4.78, 5) is 0. The summed E-state index contributed by atoms with van der Waals surface area (Å²) in [5.74, 6) is -0.618. The molecule has 0 aromatic heterocycles. The summed E-state index contributed by atoms with van der Waals surface area (Å²) in [6, 6.07) is 2.45. The minimum atomic E-state index is -0.546. The molecular weight excluding hydrogens is 210 g/mol. The first kappa shape index (κ1) is 11.2. The topological polar surface area (TPSA) is 24.1 Å². The molecule has 0 bridgehead atoms. The van der Waals surface area contributed by atoms with Gasteiger partial charge in [-0.15, -0.1) is 0 Å². The fourth-order valence-electron chi connectivity index (χ4n) is 1.96. The van der Waals surface area contributed by atoms with Gasteiger partial charge in [-0.1, -0.05) is 20.3 Å². The van der Waals surface area contributed by atoms with Crippen molar-refractivity contribution in [1.29, 1.82) is 0 Å². The molecule has 0 aliphatic carbocycles. The normalized spacial score (nSPS) is 20.6. The van der Waals surface area contributed by atoms with Crippen molar-refractivity contribution in [3.05, 3.63) is 23.8 Å². The van der Waals surface area contributed by atoms with Gasteiger partial charge < -0.3 is 10.6 Å². The lowest BCUT2D eigenvalue weighted by atomic mass is 9.97. The third-order valence-corrected chi connectivity index (χ3v) is 3.23. The number of anilines is 2. The quantitative estimate of drug-likeness (QED) is 0.809. The van der Waals surface area contributed by atoms with Crippen LogP contribution in [0.25, 0.3) is 0 Å². The predicted octanol–water partition coefficient (Wildman–Crippen LogP) is 3.22. The first-order valence-corrected chi connectivity index (χ1v) is 5.61. The zero-order chi connectivity index (χ0) is 11.7. The van der Waals surface area contributed by atoms with E-state index in [4.69, 9.17) is 0 Å². The SMILES string of the molecule is CCC(C)C1CNc2c(F)cc(F)cc2N1. The average molecular weight is 226 g/mol. The summed E-state index contributed by atoms with van der Waals surface area (Å²) in [6.45, 7) is 4.90. The minimum Gasteiger partial charge on any atom is -0.379 e. The van der Waals surface area contributed by atoms with Crippen LogP contribution >= 0.6 is 0 Å². The average Bonchev–Trinajstić information content (AvgIpc) is 2.27. The Labute approximate surface area is 94.0 Å². The van der Waals surface area contributed by atoms with E-state index in [1.54, 1.807) is 0 Å². The molecule has 0 saturated carbocycles. The van der Waals surface area contributed by atoms with Crippen LogP contribution in [0, 0.1) is 17.6 Å². The van der Waals surface area contributed by atoms with Crippen LogP contribution in [0.3, 0.4) is 0 Å². The van der Waals surface area contributed by atoms with E-state index in [2.05, 4.69) is 24.5 Å². The maximum atomic E-state index is 13.4. The van der Waals surface area contributed by atoms with Gasteiger partial charge in [-0.3, -0.25) is 0 Å². The molecule has 0 radical (unpaired) electrons. The van der Waals surface area contributed by atoms with Gasteiger partial charge in [-0.05, 0) is 12.0 Å². The van der Waals surface area contributed by atoms with Gasteiger partial charge in [0.2, 0.25) is 0 Å². The van der Waals surface area contributed by atoms with Crippen LogP contribution in [0.15, 0.2) is 12.1 Å². The molecule has 1 heterocycles. The maximum Gasteiger partial charge on any atom is 0.151 e. The van der Waals surface area contributed by atoms with Gasteiger partial charge >= 0.3 is 0 Å². The predicted molar refractivity (Wildman–Crippen MR) is 61.7 cm³/mol. The molecule has 0 spiro atoms. The van der Waals surface area contributed by atoms with Gasteiger partial charge in [0.05, 0.1) is 11.4 Å². The molecule has 2 rings (SSSR count). The third kappa shape index (κ3) is 1.96. The Morgan fingerprint density at radius 3 is 2.88 bits per heavy atom. The second-order valence-electron chi connectivity index (χ2n) is 4.33. The second-order valence-corrected chi connectivity index (χ2v) is 4.33. The number of benzene rings is 1. The molecule has 0 saturated heterocycles. The van der Waals surface area contributed by atoms with E-state index >= 15 is 0 Å². The third-order valence-electron chi connectivity index (χ3n) is 3.23. The van der Waals surface area contributed by atoms with E-state index in [0.717, 1.165) is 12.5 Å². The van der Waals surface area contributed by atoms with E-state index < -0.39 is 11.6 Å². The van der Waals surface area contributed by atoms with Crippen molar-refractivity contribution < 1.29 is 8.78 Å². The number of hydrogen-bond donors (Lipinski definition) is 2. The Kier molecular flexibility index (Phi) is 2.99. The van der Waals surface area contributed by atoms with Crippen molar-refractivity contribution in [2.75, 3.05) is 17.2 Å². The van der Waals surface area contributed by atoms with Crippen LogP contribution in [0.4, 0.5) is 20.2 Å². The van der Waals surface area contributed by atoms with Crippen LogP contribution in [-0.2, 0) is 0 Å². The molecule has 0 fully saturated rings. The number of nitrogens with one attached hydrogen (secondary N) is 2. The zero-order valence-corrected chi connectivity index (χ0v) is 9.48. The highest BCUT2D eigenvalue weighted by molar-refractivity contribution is 5.72. The van der Waals surface area contributed by atoms with Crippen molar-refractivity contribution in [3.63, 3.8) is 0 Å². The molecule has 16 heavy (non-hydrogen) atoms. The first-order chi connectivity index (χ1) is 7.61. The standard InChI is InChI=1S/C12H16F2N2/c1-3-7(2)11-6-15-12-9(14)4-8(13)5-10(12)16-11/h4-5,7,11,15-16H,3,6H2,1-2H3. The lowest BCUT2D eigenvalue weighted by Crippen LogP contribution is -2.38. The van der Waals surface area contributed by atoms with Crippen molar-refractivity contribution in [2.45, 2.75) is 26.3 Å². The van der Waals surface area contributed by atoms with Gasteiger partial charge in [0, 0.05) is 18.7 Å². The Bertz CT molecular complexity index is 393. The summed E-state index contributed by atoms with van der Waals surface area (Å²) in [5.41, 5.74) is 0.898. The van der Waals surface area contributed by atoms with Crippen molar-refractivity contribution in [2.24, 2.45) is 5.92 Å². The van der Waals surface area contributed by atoms with E-state index in [0.29, 0.717) is 23.8 Å². The maximum absolute atomic E-state index is 13.4. The number of fused-ring (bicyclic) bond motifs is 1. The molecule has 1 aromatic rings. The Morgan fingerprint density at radius 1 is 1.44 bits per heavy atom. The Hall–Kier alpha value is -1.32. The van der Waals surface area contributed by atoms with Crippen LogP contribution < -0.4 is 10.6 Å². The lowest BCUT2D eigenvalue weighted by molar-refractivity contribution is 0.474. The van der Waals surface area contributed by atoms with E-state index in [9.17, 15) is 8.78 Å². The van der Waals surface area contributed by atoms with E-state index in [-0.39, 0.29) is 6.04 Å². The highest BCUT2D eigenvalue weighted by Gasteiger charge is 2.23. The fraction of sp³-hybridized carbons (Fsp3) is 0.500. The molecule has 2 N–H and O–H groups in total. The van der Waals surface area contributed by atoms with Gasteiger partial charge in [0.25, 0.3) is 0 Å². The van der Waals surface area contributed by atoms with Crippen molar-refractivity contribution in [1.82, 2.24) is 0 Å². The van der Waals surface area contributed by atoms with Gasteiger partial charge in [0.1, 0.15) is 5.82 Å². The first-order valence-electron chi connectivity index (χ1n) is 5.61. The molecule has 1 aliphatic heterocycles. The molecule has 2 atom stereocenters. The van der Waals surface area contributed by atoms with Crippen molar-refractivity contribution in [3.8, 4) is 0 Å². The molecule has 1 aromatic carbocycles. The minimum absolute atomic E-state index is 0.221. The molecule has 0 amide bonds. The fourth-order valence-corrected chi connectivity index (χ4v) is 1.96. The summed E-state index contributed by atoms with van der Waals surface area (Å²) in [6.07, 6.45) is 1.03. The molecule has 2 unspecified atom stereocenters. The van der Waals surface area contributed by atoms with Gasteiger partial charge in [-0.25, -0.2) is 8.78 Å². The lowest BCUT2D eigenvalue weighted by Gasteiger charge is -2.32. The Morgan fingerprint density at radius 2 is 2.19 bits per heavy atom. The largest absolute Gasteiger partial charge is 0.379 e. The van der Waals surface area contributed by atoms with Crippen molar-refractivity contribution >= 4 is 11.4 Å². The van der Waals surface area contributed by atoms with Crippen LogP contribution in [0.2, 0.25) is 0 Å². The summed E-state index contributed by atoms with van der Waals surface area (Å²) in [5, 5.41) is 6.21. The molecular formula is C12H16F2N2. The Balaban J connectivity index is 2.26. The van der Waals surface area contributed by atoms with Gasteiger partial charge in [0.15, 0.2) is 5.82 Å². The highest BCUT2D eigenvalue weighted by Crippen LogP contribution is 2.31. The smallest absolute Gasteiger partial charge is 0.151 e. The number of halogens is 2. The molecule has 2 nitrogen and oxygen atoms in total. The highest BCUT2D eigenvalue weighted by atomic mass is 19.1. The second kappa shape index (κ2) is 4.28. The summed E-state index contributed by atoms with van der Waals surface area (Å²) >= 11 is 0. The van der Waals surface area contributed by atoms with E-state index in [1.807, 2.05) is 0 Å². The van der Waals surface area contributed by atoms with E-state index in [1.165, 1.54) is 6.07 Å². The molecule has 4 heteroatoms. The number of hydrogen-bond acceptors (Lipinski definition) is 2. The molecule has 1 aliphatic rings.